The van der Waals surface area contributed by atoms with Crippen LogP contribution >= 0.6 is 11.8 Å². The third-order valence-corrected chi connectivity index (χ3v) is 7.01. The van der Waals surface area contributed by atoms with Gasteiger partial charge in [0.25, 0.3) is 5.56 Å². The molecule has 1 amide bonds. The number of hydrogen-bond donors (Lipinski definition) is 2. The Hall–Kier alpha value is -4.44. The molecule has 5 aromatic rings. The van der Waals surface area contributed by atoms with Crippen molar-refractivity contribution in [2.24, 2.45) is 0 Å². The van der Waals surface area contributed by atoms with Crippen LogP contribution in [-0.4, -0.2) is 47.5 Å². The molecule has 10 heteroatoms. The first-order valence-corrected chi connectivity index (χ1v) is 12.7. The van der Waals surface area contributed by atoms with Crippen LogP contribution < -0.4 is 25.1 Å². The summed E-state index contributed by atoms with van der Waals surface area (Å²) in [5.74, 6) is 1.34. The number of thioether (sulfide) groups is 1. The minimum atomic E-state index is -0.280. The number of nitrogens with one attached hydrogen (secondary N) is 2. The lowest BCUT2D eigenvalue weighted by Crippen LogP contribution is -2.23. The van der Waals surface area contributed by atoms with Crippen LogP contribution in [0, 0.1) is 6.92 Å². The Balaban J connectivity index is 1.55. The highest BCUT2D eigenvalue weighted by Crippen LogP contribution is 2.32. The van der Waals surface area contributed by atoms with E-state index in [1.165, 1.54) is 23.4 Å². The number of aromatic nitrogens is 3. The molecule has 0 unspecified atom stereocenters. The Morgan fingerprint density at radius 2 is 1.71 bits per heavy atom. The van der Waals surface area contributed by atoms with Gasteiger partial charge in [0.05, 0.1) is 32.8 Å². The summed E-state index contributed by atoms with van der Waals surface area (Å²) in [4.78, 5) is 34.9. The number of H-pyrrole nitrogens is 1. The van der Waals surface area contributed by atoms with Crippen LogP contribution in [0.15, 0.2) is 70.6 Å². The van der Waals surface area contributed by atoms with Crippen LogP contribution in [0.25, 0.3) is 27.6 Å². The van der Waals surface area contributed by atoms with E-state index in [0.29, 0.717) is 44.8 Å². The van der Waals surface area contributed by atoms with Gasteiger partial charge in [-0.2, -0.15) is 0 Å². The highest BCUT2D eigenvalue weighted by Gasteiger charge is 2.20. The first-order chi connectivity index (χ1) is 18.4. The lowest BCUT2D eigenvalue weighted by Gasteiger charge is -2.16. The molecule has 0 aliphatic carbocycles. The van der Waals surface area contributed by atoms with Gasteiger partial charge < -0.3 is 24.5 Å². The molecule has 3 aromatic carbocycles. The summed E-state index contributed by atoms with van der Waals surface area (Å²) in [5, 5.41) is 4.07. The molecule has 5 rings (SSSR count). The van der Waals surface area contributed by atoms with Crippen molar-refractivity contribution in [2.75, 3.05) is 32.4 Å². The third-order valence-electron chi connectivity index (χ3n) is 6.07. The molecule has 0 atom stereocenters. The summed E-state index contributed by atoms with van der Waals surface area (Å²) in [6, 6.07) is 18.3. The van der Waals surface area contributed by atoms with E-state index in [9.17, 15) is 9.59 Å². The molecule has 0 aliphatic rings. The molecule has 0 spiro atoms. The molecule has 0 bridgehead atoms. The maximum absolute atomic E-state index is 13.9. The fourth-order valence-electron chi connectivity index (χ4n) is 4.27. The van der Waals surface area contributed by atoms with Gasteiger partial charge >= 0.3 is 0 Å². The largest absolute Gasteiger partial charge is 0.495 e. The van der Waals surface area contributed by atoms with Crippen molar-refractivity contribution in [3.05, 3.63) is 76.6 Å². The fraction of sp³-hybridized carbons (Fsp3) is 0.179. The number of carbonyl (C=O) groups is 1. The number of fused-ring (bicyclic) bond motifs is 3. The molecule has 0 fully saturated rings. The molecular formula is C28H26N4O5S. The zero-order chi connectivity index (χ0) is 26.8. The Morgan fingerprint density at radius 3 is 2.47 bits per heavy atom. The highest BCUT2D eigenvalue weighted by atomic mass is 32.2. The minimum Gasteiger partial charge on any atom is -0.495 e. The molecule has 0 aliphatic heterocycles. The van der Waals surface area contributed by atoms with Crippen molar-refractivity contribution < 1.29 is 19.0 Å². The van der Waals surface area contributed by atoms with Gasteiger partial charge in [-0.05, 0) is 42.8 Å². The minimum absolute atomic E-state index is 0.0166. The molecule has 9 nitrogen and oxygen atoms in total. The van der Waals surface area contributed by atoms with Gasteiger partial charge in [-0.15, -0.1) is 0 Å². The number of ether oxygens (including phenoxy) is 3. The maximum Gasteiger partial charge on any atom is 0.283 e. The van der Waals surface area contributed by atoms with Crippen LogP contribution in [0.3, 0.4) is 0 Å². The number of hydrogen-bond acceptors (Lipinski definition) is 7. The van der Waals surface area contributed by atoms with Crippen LogP contribution in [0.4, 0.5) is 5.69 Å². The van der Waals surface area contributed by atoms with Gasteiger partial charge in [0.2, 0.25) is 5.91 Å². The summed E-state index contributed by atoms with van der Waals surface area (Å²) >= 11 is 1.17. The quantitative estimate of drug-likeness (QED) is 0.216. The van der Waals surface area contributed by atoms with E-state index in [-0.39, 0.29) is 17.2 Å². The second-order valence-electron chi connectivity index (χ2n) is 8.51. The molecule has 194 valence electrons. The monoisotopic (exact) mass is 530 g/mol. The van der Waals surface area contributed by atoms with E-state index in [1.54, 1.807) is 32.4 Å². The van der Waals surface area contributed by atoms with Gasteiger partial charge in [-0.3, -0.25) is 9.59 Å². The number of anilines is 1. The lowest BCUT2D eigenvalue weighted by atomic mass is 10.2. The molecular weight excluding hydrogens is 504 g/mol. The number of aryl methyl sites for hydroxylation is 1. The van der Waals surface area contributed by atoms with Crippen molar-refractivity contribution in [2.45, 2.75) is 12.1 Å². The average Bonchev–Trinajstić information content (AvgIpc) is 3.31. The van der Waals surface area contributed by atoms with Crippen LogP contribution in [0.1, 0.15) is 5.56 Å². The van der Waals surface area contributed by atoms with E-state index in [1.807, 2.05) is 49.4 Å². The van der Waals surface area contributed by atoms with Crippen LogP contribution in [0.5, 0.6) is 17.2 Å². The summed E-state index contributed by atoms with van der Waals surface area (Å²) in [5.41, 5.74) is 3.53. The predicted octanol–water partition coefficient (Wildman–Crippen LogP) is 4.93. The Labute approximate surface area is 222 Å². The summed E-state index contributed by atoms with van der Waals surface area (Å²) in [6.07, 6.45) is 0. The normalized spacial score (nSPS) is 11.1. The van der Waals surface area contributed by atoms with Gasteiger partial charge in [0, 0.05) is 22.7 Å². The average molecular weight is 531 g/mol. The Kier molecular flexibility index (Phi) is 6.97. The van der Waals surface area contributed by atoms with E-state index in [4.69, 9.17) is 19.2 Å². The second-order valence-corrected chi connectivity index (χ2v) is 9.45. The number of nitrogens with zero attached hydrogens (tertiary/aromatic N) is 2. The zero-order valence-electron chi connectivity index (χ0n) is 21.3. The predicted molar refractivity (Wildman–Crippen MR) is 149 cm³/mol. The highest BCUT2D eigenvalue weighted by molar-refractivity contribution is 7.99. The maximum atomic E-state index is 13.9. The Morgan fingerprint density at radius 1 is 0.974 bits per heavy atom. The van der Waals surface area contributed by atoms with Crippen LogP contribution in [-0.2, 0) is 4.79 Å². The first-order valence-electron chi connectivity index (χ1n) is 11.8. The van der Waals surface area contributed by atoms with E-state index < -0.39 is 0 Å². The zero-order valence-corrected chi connectivity index (χ0v) is 22.1. The number of carbonyl (C=O) groups excluding carboxylic acids is 1. The van der Waals surface area contributed by atoms with E-state index in [2.05, 4.69) is 10.3 Å². The number of benzene rings is 3. The third kappa shape index (κ3) is 4.66. The molecule has 2 N–H and O–H groups in total. The topological polar surface area (TPSA) is 107 Å². The number of methoxy groups -OCH3 is 3. The van der Waals surface area contributed by atoms with Gasteiger partial charge in [-0.25, -0.2) is 9.55 Å². The molecule has 2 heterocycles. The number of aromatic amines is 1. The van der Waals surface area contributed by atoms with Crippen molar-refractivity contribution in [3.63, 3.8) is 0 Å². The van der Waals surface area contributed by atoms with Crippen molar-refractivity contribution in [3.8, 4) is 22.9 Å². The molecule has 0 saturated heterocycles. The smallest absolute Gasteiger partial charge is 0.283 e. The summed E-state index contributed by atoms with van der Waals surface area (Å²) < 4.78 is 17.7. The lowest BCUT2D eigenvalue weighted by molar-refractivity contribution is -0.113. The van der Waals surface area contributed by atoms with Crippen molar-refractivity contribution in [1.82, 2.24) is 14.5 Å². The summed E-state index contributed by atoms with van der Waals surface area (Å²) in [6.45, 7) is 1.94. The SMILES string of the molecule is COc1ccc(NC(=O)CSc2nc3c([nH]c4ccccc43)c(=O)n2-c2cc(C)ccc2OC)cc1OC. The van der Waals surface area contributed by atoms with Gasteiger partial charge in [0.1, 0.15) is 16.8 Å². The second kappa shape index (κ2) is 10.5. The standard InChI is InChI=1S/C28H26N4O5S/c1-16-9-11-21(35-2)20(13-16)32-27(34)26-25(18-7-5-6-8-19(18)30-26)31-28(32)38-15-24(33)29-17-10-12-22(36-3)23(14-17)37-4/h5-14,30H,15H2,1-4H3,(H,29,33). The molecule has 0 saturated carbocycles. The Bertz CT molecular complexity index is 1730. The summed E-state index contributed by atoms with van der Waals surface area (Å²) in [7, 11) is 4.63. The van der Waals surface area contributed by atoms with Crippen molar-refractivity contribution in [1.29, 1.82) is 0 Å². The number of rotatable bonds is 8. The molecule has 0 radical (unpaired) electrons. The van der Waals surface area contributed by atoms with E-state index >= 15 is 0 Å². The van der Waals surface area contributed by atoms with Gasteiger partial charge in [-0.1, -0.05) is 36.0 Å². The van der Waals surface area contributed by atoms with Gasteiger partial charge in [0.15, 0.2) is 16.7 Å². The number of para-hydroxylation sites is 1. The molecule has 38 heavy (non-hydrogen) atoms. The van der Waals surface area contributed by atoms with E-state index in [0.717, 1.165) is 16.5 Å². The first kappa shape index (κ1) is 25.2. The number of amides is 1. The van der Waals surface area contributed by atoms with Crippen LogP contribution in [0.2, 0.25) is 0 Å². The van der Waals surface area contributed by atoms with Crippen molar-refractivity contribution >= 4 is 45.3 Å². The molecule has 2 aromatic heterocycles. The fourth-order valence-corrected chi connectivity index (χ4v) is 5.07.